The predicted molar refractivity (Wildman–Crippen MR) is 94.9 cm³/mol. The molecular formula is C17H23N3O2S. The number of hydrogen-bond donors (Lipinski definition) is 0. The van der Waals surface area contributed by atoms with Gasteiger partial charge in [0.25, 0.3) is 11.8 Å². The number of hydrogen-bond acceptors (Lipinski definition) is 3. The van der Waals surface area contributed by atoms with Crippen LogP contribution >= 0.6 is 12.2 Å². The standard InChI is InChI=1S/C17H23N3O2S/c1-6-18-11(4)9-13(12(18)5)10-14-15(21)19(7-2)17(23)20(8-3)16(14)22/h9-10H,6-8H2,1-5H3. The molecule has 1 fully saturated rings. The fourth-order valence-electron chi connectivity index (χ4n) is 3.00. The Morgan fingerprint density at radius 1 is 1.00 bits per heavy atom. The molecule has 0 saturated carbocycles. The van der Waals surface area contributed by atoms with Crippen LogP contribution in [0, 0.1) is 13.8 Å². The number of nitrogens with zero attached hydrogens (tertiary/aromatic N) is 3. The summed E-state index contributed by atoms with van der Waals surface area (Å²) in [6.07, 6.45) is 1.70. The van der Waals surface area contributed by atoms with Crippen LogP contribution in [0.3, 0.4) is 0 Å². The molecule has 1 saturated heterocycles. The minimum absolute atomic E-state index is 0.179. The van der Waals surface area contributed by atoms with Crippen molar-refractivity contribution in [3.05, 3.63) is 28.6 Å². The molecule has 0 spiro atoms. The van der Waals surface area contributed by atoms with Crippen LogP contribution in [0.4, 0.5) is 0 Å². The van der Waals surface area contributed by atoms with E-state index >= 15 is 0 Å². The number of aromatic nitrogens is 1. The van der Waals surface area contributed by atoms with E-state index in [1.165, 1.54) is 9.80 Å². The number of carbonyl (C=O) groups excluding carboxylic acids is 2. The molecule has 0 radical (unpaired) electrons. The topological polar surface area (TPSA) is 45.6 Å². The summed E-state index contributed by atoms with van der Waals surface area (Å²) in [4.78, 5) is 28.2. The normalized spacial score (nSPS) is 15.7. The average molecular weight is 333 g/mol. The molecule has 0 aliphatic carbocycles. The molecule has 1 aromatic rings. The van der Waals surface area contributed by atoms with Gasteiger partial charge in [-0.25, -0.2) is 0 Å². The maximum atomic E-state index is 12.6. The Bertz CT molecular complexity index is 675. The van der Waals surface area contributed by atoms with Crippen molar-refractivity contribution in [1.29, 1.82) is 0 Å². The van der Waals surface area contributed by atoms with Crippen molar-refractivity contribution in [2.45, 2.75) is 41.2 Å². The lowest BCUT2D eigenvalue weighted by atomic mass is 10.1. The average Bonchev–Trinajstić information content (AvgIpc) is 2.78. The summed E-state index contributed by atoms with van der Waals surface area (Å²) < 4.78 is 2.16. The molecule has 0 aromatic carbocycles. The minimum Gasteiger partial charge on any atom is -0.349 e. The van der Waals surface area contributed by atoms with Crippen molar-refractivity contribution in [1.82, 2.24) is 14.4 Å². The van der Waals surface area contributed by atoms with Gasteiger partial charge < -0.3 is 4.57 Å². The number of amides is 2. The van der Waals surface area contributed by atoms with E-state index in [-0.39, 0.29) is 17.4 Å². The number of aryl methyl sites for hydroxylation is 1. The van der Waals surface area contributed by atoms with Gasteiger partial charge in [0, 0.05) is 31.0 Å². The summed E-state index contributed by atoms with van der Waals surface area (Å²) in [5, 5.41) is 0.293. The SMILES string of the molecule is CCN1C(=O)C(=Cc2cc(C)n(CC)c2C)C(=O)N(CC)C1=S. The molecule has 1 aliphatic heterocycles. The largest absolute Gasteiger partial charge is 0.349 e. The van der Waals surface area contributed by atoms with Crippen LogP contribution in [0.5, 0.6) is 0 Å². The maximum absolute atomic E-state index is 12.6. The highest BCUT2D eigenvalue weighted by Crippen LogP contribution is 2.23. The van der Waals surface area contributed by atoms with Gasteiger partial charge in [-0.2, -0.15) is 0 Å². The Labute approximate surface area is 142 Å². The molecule has 2 rings (SSSR count). The summed E-state index contributed by atoms with van der Waals surface area (Å²) in [6.45, 7) is 11.6. The van der Waals surface area contributed by atoms with Crippen molar-refractivity contribution in [2.75, 3.05) is 13.1 Å². The van der Waals surface area contributed by atoms with E-state index in [0.717, 1.165) is 23.5 Å². The number of carbonyl (C=O) groups is 2. The van der Waals surface area contributed by atoms with Crippen LogP contribution in [0.2, 0.25) is 0 Å². The zero-order valence-electron chi connectivity index (χ0n) is 14.3. The predicted octanol–water partition coefficient (Wildman–Crippen LogP) is 2.50. The molecular weight excluding hydrogens is 310 g/mol. The smallest absolute Gasteiger partial charge is 0.265 e. The molecule has 1 aromatic heterocycles. The van der Waals surface area contributed by atoms with E-state index in [1.807, 2.05) is 33.8 Å². The molecule has 0 atom stereocenters. The number of thiocarbonyl (C=S) groups is 1. The molecule has 2 heterocycles. The third kappa shape index (κ3) is 2.83. The van der Waals surface area contributed by atoms with E-state index in [4.69, 9.17) is 12.2 Å². The van der Waals surface area contributed by atoms with Crippen molar-refractivity contribution in [2.24, 2.45) is 0 Å². The second-order valence-electron chi connectivity index (χ2n) is 5.51. The van der Waals surface area contributed by atoms with Crippen molar-refractivity contribution >= 4 is 35.2 Å². The Balaban J connectivity index is 2.53. The zero-order chi connectivity index (χ0) is 17.3. The minimum atomic E-state index is -0.312. The molecule has 1 aliphatic rings. The second kappa shape index (κ2) is 6.66. The first-order valence-corrected chi connectivity index (χ1v) is 8.34. The van der Waals surface area contributed by atoms with Gasteiger partial charge in [0.2, 0.25) is 0 Å². The van der Waals surface area contributed by atoms with Gasteiger partial charge in [-0.15, -0.1) is 0 Å². The van der Waals surface area contributed by atoms with Crippen LogP contribution in [0.15, 0.2) is 11.6 Å². The Morgan fingerprint density at radius 3 is 1.91 bits per heavy atom. The number of rotatable bonds is 4. The van der Waals surface area contributed by atoms with E-state index in [1.54, 1.807) is 6.08 Å². The fraction of sp³-hybridized carbons (Fsp3) is 0.471. The fourth-order valence-corrected chi connectivity index (χ4v) is 3.42. The summed E-state index contributed by atoms with van der Waals surface area (Å²) >= 11 is 5.27. The highest BCUT2D eigenvalue weighted by atomic mass is 32.1. The van der Waals surface area contributed by atoms with E-state index in [9.17, 15) is 9.59 Å². The highest BCUT2D eigenvalue weighted by Gasteiger charge is 2.37. The summed E-state index contributed by atoms with van der Waals surface area (Å²) in [5.74, 6) is -0.623. The van der Waals surface area contributed by atoms with Gasteiger partial charge >= 0.3 is 0 Å². The molecule has 0 N–H and O–H groups in total. The molecule has 23 heavy (non-hydrogen) atoms. The van der Waals surface area contributed by atoms with Crippen molar-refractivity contribution in [3.8, 4) is 0 Å². The molecule has 5 nitrogen and oxygen atoms in total. The highest BCUT2D eigenvalue weighted by molar-refractivity contribution is 7.80. The number of likely N-dealkylation sites (N-methyl/N-ethyl adjacent to an activating group) is 2. The third-order valence-corrected chi connectivity index (χ3v) is 4.72. The van der Waals surface area contributed by atoms with Crippen LogP contribution in [-0.2, 0) is 16.1 Å². The lowest BCUT2D eigenvalue weighted by Gasteiger charge is -2.35. The van der Waals surface area contributed by atoms with Gasteiger partial charge in [0.05, 0.1) is 0 Å². The van der Waals surface area contributed by atoms with Crippen LogP contribution in [-0.4, -0.2) is 44.4 Å². The van der Waals surface area contributed by atoms with Crippen molar-refractivity contribution < 1.29 is 9.59 Å². The van der Waals surface area contributed by atoms with Gasteiger partial charge in [-0.1, -0.05) is 0 Å². The quantitative estimate of drug-likeness (QED) is 0.483. The van der Waals surface area contributed by atoms with Gasteiger partial charge in [0.15, 0.2) is 5.11 Å². The first-order chi connectivity index (χ1) is 10.9. The molecule has 124 valence electrons. The lowest BCUT2D eigenvalue weighted by molar-refractivity contribution is -0.133. The van der Waals surface area contributed by atoms with E-state index < -0.39 is 0 Å². The summed E-state index contributed by atoms with van der Waals surface area (Å²) in [6, 6.07) is 2.01. The lowest BCUT2D eigenvalue weighted by Crippen LogP contribution is -2.55. The summed E-state index contributed by atoms with van der Waals surface area (Å²) in [5.41, 5.74) is 3.25. The Hall–Kier alpha value is -1.95. The zero-order valence-corrected chi connectivity index (χ0v) is 15.2. The molecule has 0 bridgehead atoms. The Kier molecular flexibility index (Phi) is 5.04. The first-order valence-electron chi connectivity index (χ1n) is 7.93. The first kappa shape index (κ1) is 17.4. The molecule has 0 unspecified atom stereocenters. The van der Waals surface area contributed by atoms with Gasteiger partial charge in [0.1, 0.15) is 5.57 Å². The van der Waals surface area contributed by atoms with E-state index in [2.05, 4.69) is 11.5 Å². The summed E-state index contributed by atoms with van der Waals surface area (Å²) in [7, 11) is 0. The monoisotopic (exact) mass is 333 g/mol. The Morgan fingerprint density at radius 2 is 1.52 bits per heavy atom. The van der Waals surface area contributed by atoms with Crippen LogP contribution in [0.25, 0.3) is 6.08 Å². The van der Waals surface area contributed by atoms with E-state index in [0.29, 0.717) is 18.2 Å². The third-order valence-electron chi connectivity index (χ3n) is 4.27. The molecule has 2 amide bonds. The van der Waals surface area contributed by atoms with Crippen LogP contribution in [0.1, 0.15) is 37.7 Å². The second-order valence-corrected chi connectivity index (χ2v) is 5.88. The van der Waals surface area contributed by atoms with Gasteiger partial charge in [-0.3, -0.25) is 19.4 Å². The van der Waals surface area contributed by atoms with Crippen LogP contribution < -0.4 is 0 Å². The maximum Gasteiger partial charge on any atom is 0.265 e. The molecule has 6 heteroatoms. The van der Waals surface area contributed by atoms with Crippen molar-refractivity contribution in [3.63, 3.8) is 0 Å². The van der Waals surface area contributed by atoms with Gasteiger partial charge in [-0.05, 0) is 64.5 Å².